The molecule has 19 heavy (non-hydrogen) atoms. The molecule has 0 unspecified atom stereocenters. The first-order valence-corrected chi connectivity index (χ1v) is 6.83. The Labute approximate surface area is 112 Å². The van der Waals surface area contributed by atoms with Crippen molar-refractivity contribution in [1.82, 2.24) is 0 Å². The van der Waals surface area contributed by atoms with Gasteiger partial charge in [0, 0.05) is 0 Å². The second-order valence-corrected chi connectivity index (χ2v) is 4.50. The van der Waals surface area contributed by atoms with Crippen LogP contribution in [0.1, 0.15) is 11.1 Å². The maximum Gasteiger partial charge on any atom is 0.394 e. The van der Waals surface area contributed by atoms with Crippen molar-refractivity contribution in [3.8, 4) is 0 Å². The van der Waals surface area contributed by atoms with Crippen LogP contribution in [0.5, 0.6) is 0 Å². The predicted molar refractivity (Wildman–Crippen MR) is 76.0 cm³/mol. The number of hydrogen-bond acceptors (Lipinski definition) is 2. The molecule has 5 heteroatoms. The molecule has 0 spiro atoms. The molecule has 0 heterocycles. The van der Waals surface area contributed by atoms with Gasteiger partial charge in [0.25, 0.3) is 0 Å². The van der Waals surface area contributed by atoms with E-state index in [4.69, 9.17) is 17.5 Å². The SMILES string of the molecule is C(=Cc1ccccc1)c1ccccc1.O=S(=O)(O)O. The average Bonchev–Trinajstić information content (AvgIpc) is 2.37. The lowest BCUT2D eigenvalue weighted by Crippen LogP contribution is -1.89. The van der Waals surface area contributed by atoms with Crippen molar-refractivity contribution < 1.29 is 17.5 Å². The summed E-state index contributed by atoms with van der Waals surface area (Å²) in [6, 6.07) is 20.6. The molecule has 0 aliphatic carbocycles. The Kier molecular flexibility index (Phi) is 5.95. The lowest BCUT2D eigenvalue weighted by atomic mass is 10.1. The van der Waals surface area contributed by atoms with Gasteiger partial charge in [-0.15, -0.1) is 0 Å². The first kappa shape index (κ1) is 15.1. The predicted octanol–water partition coefficient (Wildman–Crippen LogP) is 3.20. The molecule has 0 bridgehead atoms. The highest BCUT2D eigenvalue weighted by molar-refractivity contribution is 7.79. The van der Waals surface area contributed by atoms with Gasteiger partial charge < -0.3 is 0 Å². The summed E-state index contributed by atoms with van der Waals surface area (Å²) in [5.74, 6) is 0. The lowest BCUT2D eigenvalue weighted by Gasteiger charge is -1.92. The van der Waals surface area contributed by atoms with E-state index in [-0.39, 0.29) is 0 Å². The van der Waals surface area contributed by atoms with Crippen molar-refractivity contribution in [1.29, 1.82) is 0 Å². The molecular weight excluding hydrogens is 264 g/mol. The molecule has 0 atom stereocenters. The molecule has 4 nitrogen and oxygen atoms in total. The van der Waals surface area contributed by atoms with Crippen LogP contribution in [0.25, 0.3) is 12.2 Å². The summed E-state index contributed by atoms with van der Waals surface area (Å²) in [5.41, 5.74) is 2.47. The normalized spacial score (nSPS) is 10.8. The molecule has 0 amide bonds. The largest absolute Gasteiger partial charge is 0.394 e. The lowest BCUT2D eigenvalue weighted by molar-refractivity contribution is 0.381. The van der Waals surface area contributed by atoms with Crippen LogP contribution in [-0.4, -0.2) is 17.5 Å². The topological polar surface area (TPSA) is 74.6 Å². The van der Waals surface area contributed by atoms with Crippen LogP contribution in [0.2, 0.25) is 0 Å². The molecular formula is C14H14O4S. The third-order valence-electron chi connectivity index (χ3n) is 2.07. The standard InChI is InChI=1S/C14H12.H2O4S/c1-3-7-13(8-4-1)11-12-14-9-5-2-6-10-14;1-5(2,3)4/h1-12H;(H2,1,2,3,4). The second-order valence-electron chi connectivity index (χ2n) is 3.60. The molecule has 0 saturated carbocycles. The fourth-order valence-electron chi connectivity index (χ4n) is 1.32. The molecule has 0 aromatic heterocycles. The van der Waals surface area contributed by atoms with Gasteiger partial charge in [-0.05, 0) is 11.1 Å². The van der Waals surface area contributed by atoms with Crippen molar-refractivity contribution in [3.63, 3.8) is 0 Å². The third-order valence-corrected chi connectivity index (χ3v) is 2.07. The third kappa shape index (κ3) is 8.73. The Morgan fingerprint density at radius 3 is 1.21 bits per heavy atom. The zero-order valence-electron chi connectivity index (χ0n) is 10.0. The van der Waals surface area contributed by atoms with Gasteiger partial charge in [0.15, 0.2) is 0 Å². The van der Waals surface area contributed by atoms with Crippen LogP contribution in [0.4, 0.5) is 0 Å². The van der Waals surface area contributed by atoms with E-state index < -0.39 is 10.4 Å². The summed E-state index contributed by atoms with van der Waals surface area (Å²) in [4.78, 5) is 0. The molecule has 2 aromatic carbocycles. The fraction of sp³-hybridized carbons (Fsp3) is 0. The molecule has 0 radical (unpaired) electrons. The minimum atomic E-state index is -4.67. The molecule has 100 valence electrons. The zero-order valence-corrected chi connectivity index (χ0v) is 10.9. The number of hydrogen-bond donors (Lipinski definition) is 2. The van der Waals surface area contributed by atoms with Crippen LogP contribution >= 0.6 is 0 Å². The Bertz CT molecular complexity index is 555. The molecule has 0 saturated heterocycles. The summed E-state index contributed by atoms with van der Waals surface area (Å²) in [7, 11) is -4.67. The van der Waals surface area contributed by atoms with Gasteiger partial charge in [-0.1, -0.05) is 72.8 Å². The van der Waals surface area contributed by atoms with Crippen LogP contribution in [0.3, 0.4) is 0 Å². The Balaban J connectivity index is 0.000000312. The van der Waals surface area contributed by atoms with E-state index in [0.717, 1.165) is 0 Å². The van der Waals surface area contributed by atoms with E-state index in [1.807, 2.05) is 36.4 Å². The van der Waals surface area contributed by atoms with Crippen LogP contribution in [0.15, 0.2) is 60.7 Å². The van der Waals surface area contributed by atoms with Gasteiger partial charge in [0.05, 0.1) is 0 Å². The summed E-state index contributed by atoms with van der Waals surface area (Å²) in [6.45, 7) is 0. The van der Waals surface area contributed by atoms with Crippen molar-refractivity contribution >= 4 is 22.6 Å². The van der Waals surface area contributed by atoms with Crippen LogP contribution < -0.4 is 0 Å². The Morgan fingerprint density at radius 1 is 0.684 bits per heavy atom. The summed E-state index contributed by atoms with van der Waals surface area (Å²) < 4.78 is 31.6. The zero-order chi connectivity index (χ0) is 14.1. The summed E-state index contributed by atoms with van der Waals surface area (Å²) in [5, 5.41) is 0. The van der Waals surface area contributed by atoms with Crippen LogP contribution in [0, 0.1) is 0 Å². The van der Waals surface area contributed by atoms with Gasteiger partial charge in [-0.3, -0.25) is 9.11 Å². The van der Waals surface area contributed by atoms with Gasteiger partial charge in [-0.25, -0.2) is 0 Å². The maximum absolute atomic E-state index is 8.74. The van der Waals surface area contributed by atoms with Gasteiger partial charge >= 0.3 is 10.4 Å². The van der Waals surface area contributed by atoms with E-state index in [9.17, 15) is 0 Å². The molecule has 2 aromatic rings. The molecule has 0 fully saturated rings. The van der Waals surface area contributed by atoms with Crippen LogP contribution in [-0.2, 0) is 10.4 Å². The monoisotopic (exact) mass is 278 g/mol. The second kappa shape index (κ2) is 7.48. The van der Waals surface area contributed by atoms with Gasteiger partial charge in [0.1, 0.15) is 0 Å². The molecule has 2 N–H and O–H groups in total. The minimum absolute atomic E-state index is 1.23. The summed E-state index contributed by atoms with van der Waals surface area (Å²) >= 11 is 0. The van der Waals surface area contributed by atoms with E-state index in [1.165, 1.54) is 11.1 Å². The van der Waals surface area contributed by atoms with Crippen molar-refractivity contribution in [2.45, 2.75) is 0 Å². The highest BCUT2D eigenvalue weighted by atomic mass is 32.3. The molecule has 0 aliphatic rings. The highest BCUT2D eigenvalue weighted by Gasteiger charge is 1.85. The van der Waals surface area contributed by atoms with Gasteiger partial charge in [-0.2, -0.15) is 8.42 Å². The molecule has 0 aliphatic heterocycles. The maximum atomic E-state index is 8.74. The Hall–Kier alpha value is -1.95. The number of rotatable bonds is 2. The van der Waals surface area contributed by atoms with Crippen molar-refractivity contribution in [3.05, 3.63) is 71.8 Å². The quantitative estimate of drug-likeness (QED) is 0.653. The van der Waals surface area contributed by atoms with Gasteiger partial charge in [0.2, 0.25) is 0 Å². The smallest absolute Gasteiger partial charge is 0.264 e. The fourth-order valence-corrected chi connectivity index (χ4v) is 1.32. The number of benzene rings is 2. The summed E-state index contributed by atoms with van der Waals surface area (Å²) in [6.07, 6.45) is 4.24. The van der Waals surface area contributed by atoms with E-state index >= 15 is 0 Å². The van der Waals surface area contributed by atoms with E-state index in [1.54, 1.807) is 0 Å². The van der Waals surface area contributed by atoms with Crippen molar-refractivity contribution in [2.75, 3.05) is 0 Å². The first-order chi connectivity index (χ1) is 8.95. The average molecular weight is 278 g/mol. The van der Waals surface area contributed by atoms with E-state index in [2.05, 4.69) is 36.4 Å². The minimum Gasteiger partial charge on any atom is -0.264 e. The van der Waals surface area contributed by atoms with Crippen molar-refractivity contribution in [2.24, 2.45) is 0 Å². The van der Waals surface area contributed by atoms with E-state index in [0.29, 0.717) is 0 Å². The first-order valence-electron chi connectivity index (χ1n) is 5.43. The Morgan fingerprint density at radius 2 is 0.947 bits per heavy atom. The molecule has 2 rings (SSSR count). The highest BCUT2D eigenvalue weighted by Crippen LogP contribution is 2.06.